The van der Waals surface area contributed by atoms with Crippen LogP contribution >= 0.6 is 27.3 Å². The molecule has 0 unspecified atom stereocenters. The molecule has 35 heavy (non-hydrogen) atoms. The molecule has 0 spiro atoms. The summed E-state index contributed by atoms with van der Waals surface area (Å²) in [4.78, 5) is 14.8. The van der Waals surface area contributed by atoms with Gasteiger partial charge in [0, 0.05) is 46.6 Å². The van der Waals surface area contributed by atoms with Gasteiger partial charge in [0.2, 0.25) is 16.0 Å². The molecular weight excluding hydrogens is 550 g/mol. The van der Waals surface area contributed by atoms with Crippen LogP contribution in [-0.2, 0) is 10.0 Å². The zero-order valence-electron chi connectivity index (χ0n) is 18.2. The fourth-order valence-corrected chi connectivity index (χ4v) is 5.56. The van der Waals surface area contributed by atoms with E-state index in [1.54, 1.807) is 30.5 Å². The average molecular weight is 570 g/mol. The van der Waals surface area contributed by atoms with E-state index in [1.165, 1.54) is 11.3 Å². The highest BCUT2D eigenvalue weighted by molar-refractivity contribution is 9.10. The zero-order chi connectivity index (χ0) is 24.4. The van der Waals surface area contributed by atoms with Crippen molar-refractivity contribution in [2.45, 2.75) is 4.90 Å². The van der Waals surface area contributed by atoms with Crippen LogP contribution in [0, 0.1) is 0 Å². The molecule has 178 valence electrons. The highest BCUT2D eigenvalue weighted by Crippen LogP contribution is 2.34. The molecule has 5 aromatic rings. The number of nitrogens with two attached hydrogens (primary N) is 1. The Balaban J connectivity index is 1.34. The third-order valence-corrected chi connectivity index (χ3v) is 7.91. The van der Waals surface area contributed by atoms with Crippen molar-refractivity contribution < 1.29 is 8.42 Å². The topological polar surface area (TPSA) is 127 Å². The van der Waals surface area contributed by atoms with Gasteiger partial charge < -0.3 is 11.1 Å². The van der Waals surface area contributed by atoms with Gasteiger partial charge in [-0.25, -0.2) is 28.1 Å². The lowest BCUT2D eigenvalue weighted by Gasteiger charge is -2.09. The van der Waals surface area contributed by atoms with Crippen LogP contribution in [-0.4, -0.2) is 40.9 Å². The van der Waals surface area contributed by atoms with Crippen LogP contribution in [0.5, 0.6) is 0 Å². The van der Waals surface area contributed by atoms with Crippen LogP contribution in [0.15, 0.2) is 81.7 Å². The van der Waals surface area contributed by atoms with E-state index in [9.17, 15) is 8.42 Å². The number of thiazole rings is 1. The minimum Gasteiger partial charge on any atom is -0.399 e. The number of anilines is 2. The van der Waals surface area contributed by atoms with E-state index in [4.69, 9.17) is 10.7 Å². The summed E-state index contributed by atoms with van der Waals surface area (Å²) in [6, 6.07) is 15.8. The Bertz CT molecular complexity index is 1600. The molecule has 9 nitrogen and oxygen atoms in total. The van der Waals surface area contributed by atoms with Crippen molar-refractivity contribution in [1.29, 1.82) is 0 Å². The van der Waals surface area contributed by atoms with Crippen molar-refractivity contribution in [2.24, 2.45) is 0 Å². The first-order chi connectivity index (χ1) is 16.9. The summed E-state index contributed by atoms with van der Waals surface area (Å²) >= 11 is 4.84. The van der Waals surface area contributed by atoms with Gasteiger partial charge in [-0.2, -0.15) is 0 Å². The number of hydrogen-bond acceptors (Lipinski definition) is 8. The Hall–Kier alpha value is -3.32. The summed E-state index contributed by atoms with van der Waals surface area (Å²) in [6.45, 7) is 0.476. The number of aromatic nitrogens is 4. The second-order valence-corrected chi connectivity index (χ2v) is 11.1. The van der Waals surface area contributed by atoms with E-state index in [2.05, 4.69) is 35.9 Å². The van der Waals surface area contributed by atoms with Crippen molar-refractivity contribution >= 4 is 53.9 Å². The summed E-state index contributed by atoms with van der Waals surface area (Å²) in [7, 11) is -3.61. The van der Waals surface area contributed by atoms with Gasteiger partial charge in [0.1, 0.15) is 5.69 Å². The van der Waals surface area contributed by atoms with E-state index in [-0.39, 0.29) is 11.4 Å². The van der Waals surface area contributed by atoms with Gasteiger partial charge in [-0.1, -0.05) is 28.1 Å². The van der Waals surface area contributed by atoms with Gasteiger partial charge in [0.25, 0.3) is 0 Å². The van der Waals surface area contributed by atoms with Crippen LogP contribution in [0.25, 0.3) is 27.6 Å². The fourth-order valence-electron chi connectivity index (χ4n) is 3.55. The number of fused-ring (bicyclic) bond motifs is 1. The third-order valence-electron chi connectivity index (χ3n) is 5.14. The lowest BCUT2D eigenvalue weighted by Crippen LogP contribution is -2.29. The largest absolute Gasteiger partial charge is 0.399 e. The molecule has 5 rings (SSSR count). The summed E-state index contributed by atoms with van der Waals surface area (Å²) in [5.41, 5.74) is 9.83. The van der Waals surface area contributed by atoms with Gasteiger partial charge in [-0.05, 0) is 42.5 Å². The predicted octanol–water partition coefficient (Wildman–Crippen LogP) is 4.25. The Kier molecular flexibility index (Phi) is 6.52. The molecule has 0 atom stereocenters. The molecule has 0 aliphatic carbocycles. The Labute approximate surface area is 214 Å². The van der Waals surface area contributed by atoms with E-state index in [0.29, 0.717) is 23.9 Å². The first kappa shape index (κ1) is 23.4. The molecule has 0 bridgehead atoms. The van der Waals surface area contributed by atoms with Gasteiger partial charge >= 0.3 is 0 Å². The minimum atomic E-state index is -3.61. The van der Waals surface area contributed by atoms with Crippen LogP contribution < -0.4 is 15.8 Å². The summed E-state index contributed by atoms with van der Waals surface area (Å²) in [5.74, 6) is 0.383. The van der Waals surface area contributed by atoms with Crippen molar-refractivity contribution in [3.05, 3.63) is 76.8 Å². The number of rotatable bonds is 8. The molecule has 12 heteroatoms. The quantitative estimate of drug-likeness (QED) is 0.188. The second kappa shape index (κ2) is 9.74. The van der Waals surface area contributed by atoms with E-state index < -0.39 is 10.0 Å². The molecule has 2 aromatic carbocycles. The lowest BCUT2D eigenvalue weighted by molar-refractivity contribution is 0.583. The minimum absolute atomic E-state index is 0.169. The fraction of sp³-hybridized carbons (Fsp3) is 0.0870. The smallest absolute Gasteiger partial charge is 0.240 e. The second-order valence-electron chi connectivity index (χ2n) is 7.53. The Morgan fingerprint density at radius 2 is 1.89 bits per heavy atom. The third kappa shape index (κ3) is 5.05. The number of nitrogen functional groups attached to an aromatic ring is 1. The lowest BCUT2D eigenvalue weighted by atomic mass is 10.1. The Morgan fingerprint density at radius 3 is 2.69 bits per heavy atom. The first-order valence-electron chi connectivity index (χ1n) is 10.5. The maximum absolute atomic E-state index is 12.5. The molecule has 0 aliphatic heterocycles. The molecular formula is C23H20BrN7O2S2. The number of benzene rings is 2. The van der Waals surface area contributed by atoms with E-state index in [0.717, 1.165) is 26.4 Å². The predicted molar refractivity (Wildman–Crippen MR) is 142 cm³/mol. The van der Waals surface area contributed by atoms with Gasteiger partial charge in [-0.15, -0.1) is 11.3 Å². The van der Waals surface area contributed by atoms with Crippen molar-refractivity contribution in [3.8, 4) is 22.6 Å². The highest BCUT2D eigenvalue weighted by atomic mass is 79.9. The molecule has 0 radical (unpaired) electrons. The molecule has 0 saturated carbocycles. The molecule has 0 fully saturated rings. The normalized spacial score (nSPS) is 11.7. The number of imidazole rings is 1. The standard InChI is InChI=1S/C23H20BrN7O2S2/c24-16-4-6-18(7-5-16)35(32,33)28-11-10-27-22-26-9-8-19(29-22)21-20(15-2-1-3-17(25)14-15)30-23-31(21)12-13-34-23/h1-9,12-14,28H,10-11,25H2,(H,26,27,29). The molecule has 0 aliphatic rings. The zero-order valence-corrected chi connectivity index (χ0v) is 21.4. The molecule has 4 N–H and O–H groups in total. The highest BCUT2D eigenvalue weighted by Gasteiger charge is 2.19. The molecule has 3 aromatic heterocycles. The summed E-state index contributed by atoms with van der Waals surface area (Å²) in [6.07, 6.45) is 3.61. The number of nitrogens with zero attached hydrogens (tertiary/aromatic N) is 4. The SMILES string of the molecule is Nc1cccc(-c2nc3sccn3c2-c2ccnc(NCCNS(=O)(=O)c3ccc(Br)cc3)n2)c1. The van der Waals surface area contributed by atoms with Crippen molar-refractivity contribution in [3.63, 3.8) is 0 Å². The van der Waals surface area contributed by atoms with Crippen molar-refractivity contribution in [2.75, 3.05) is 24.1 Å². The monoisotopic (exact) mass is 569 g/mol. The number of sulfonamides is 1. The van der Waals surface area contributed by atoms with Gasteiger partial charge in [-0.3, -0.25) is 4.40 Å². The van der Waals surface area contributed by atoms with Gasteiger partial charge in [0.15, 0.2) is 4.96 Å². The summed E-state index contributed by atoms with van der Waals surface area (Å²) < 4.78 is 30.3. The maximum atomic E-state index is 12.5. The average Bonchev–Trinajstić information content (AvgIpc) is 3.44. The number of halogens is 1. The van der Waals surface area contributed by atoms with Crippen LogP contribution in [0.1, 0.15) is 0 Å². The molecule has 3 heterocycles. The Morgan fingerprint density at radius 1 is 1.06 bits per heavy atom. The van der Waals surface area contributed by atoms with E-state index in [1.807, 2.05) is 46.3 Å². The van der Waals surface area contributed by atoms with Gasteiger partial charge in [0.05, 0.1) is 16.3 Å². The molecule has 0 amide bonds. The van der Waals surface area contributed by atoms with Crippen molar-refractivity contribution in [1.82, 2.24) is 24.1 Å². The number of nitrogens with one attached hydrogen (secondary N) is 2. The first-order valence-corrected chi connectivity index (χ1v) is 13.7. The summed E-state index contributed by atoms with van der Waals surface area (Å²) in [5, 5.41) is 5.05. The van der Waals surface area contributed by atoms with Crippen LogP contribution in [0.2, 0.25) is 0 Å². The number of hydrogen-bond donors (Lipinski definition) is 3. The molecule has 0 saturated heterocycles. The van der Waals surface area contributed by atoms with Crippen LogP contribution in [0.4, 0.5) is 11.6 Å². The van der Waals surface area contributed by atoms with Crippen LogP contribution in [0.3, 0.4) is 0 Å². The maximum Gasteiger partial charge on any atom is 0.240 e. The van der Waals surface area contributed by atoms with E-state index >= 15 is 0 Å².